The molecule has 1 fully saturated rings. The average molecular weight is 354 g/mol. The van der Waals surface area contributed by atoms with Gasteiger partial charge >= 0.3 is 6.03 Å². The highest BCUT2D eigenvalue weighted by molar-refractivity contribution is 5.91. The predicted molar refractivity (Wildman–Crippen MR) is 93.4 cm³/mol. The van der Waals surface area contributed by atoms with Gasteiger partial charge in [0.1, 0.15) is 18.2 Å². The number of amides is 2. The fraction of sp³-hybridized carbons (Fsp3) is 0.611. The van der Waals surface area contributed by atoms with Crippen molar-refractivity contribution in [3.8, 4) is 5.75 Å². The van der Waals surface area contributed by atoms with Gasteiger partial charge in [0, 0.05) is 25.3 Å². The largest absolute Gasteiger partial charge is 0.489 e. The van der Waals surface area contributed by atoms with Gasteiger partial charge in [-0.15, -0.1) is 0 Å². The molecule has 1 heterocycles. The van der Waals surface area contributed by atoms with Crippen LogP contribution in [0.1, 0.15) is 33.1 Å². The monoisotopic (exact) mass is 354 g/mol. The van der Waals surface area contributed by atoms with Crippen LogP contribution in [-0.2, 0) is 4.74 Å². The van der Waals surface area contributed by atoms with Crippen molar-refractivity contribution in [3.05, 3.63) is 24.0 Å². The zero-order chi connectivity index (χ0) is 18.2. The van der Waals surface area contributed by atoms with E-state index < -0.39 is 11.8 Å². The molecular formula is C18H27FN2O4. The maximum Gasteiger partial charge on any atom is 0.319 e. The van der Waals surface area contributed by atoms with E-state index in [0.717, 1.165) is 19.4 Å². The van der Waals surface area contributed by atoms with Crippen molar-refractivity contribution in [2.24, 2.45) is 5.92 Å². The van der Waals surface area contributed by atoms with Crippen LogP contribution in [0.4, 0.5) is 14.9 Å². The van der Waals surface area contributed by atoms with Gasteiger partial charge < -0.3 is 25.2 Å². The van der Waals surface area contributed by atoms with Crippen LogP contribution in [0.5, 0.6) is 5.75 Å². The summed E-state index contributed by atoms with van der Waals surface area (Å²) in [4.78, 5) is 12.2. The third-order valence-electron chi connectivity index (χ3n) is 4.20. The van der Waals surface area contributed by atoms with Crippen LogP contribution in [0.2, 0.25) is 0 Å². The first kappa shape index (κ1) is 19.5. The minimum Gasteiger partial charge on any atom is -0.489 e. The molecule has 2 atom stereocenters. The predicted octanol–water partition coefficient (Wildman–Crippen LogP) is 2.91. The van der Waals surface area contributed by atoms with Crippen molar-refractivity contribution in [1.82, 2.24) is 5.32 Å². The van der Waals surface area contributed by atoms with Crippen LogP contribution in [0.15, 0.2) is 18.2 Å². The molecule has 1 aromatic rings. The zero-order valence-electron chi connectivity index (χ0n) is 14.8. The number of halogens is 1. The lowest BCUT2D eigenvalue weighted by molar-refractivity contribution is 0.0682. The summed E-state index contributed by atoms with van der Waals surface area (Å²) in [7, 11) is 0. The summed E-state index contributed by atoms with van der Waals surface area (Å²) in [6.07, 6.45) is 2.42. The van der Waals surface area contributed by atoms with Crippen molar-refractivity contribution < 1.29 is 23.8 Å². The molecule has 25 heavy (non-hydrogen) atoms. The van der Waals surface area contributed by atoms with E-state index in [-0.39, 0.29) is 30.4 Å². The Kier molecular flexibility index (Phi) is 7.46. The lowest BCUT2D eigenvalue weighted by Gasteiger charge is -2.22. The molecule has 7 heteroatoms. The molecule has 2 amide bonds. The fourth-order valence-corrected chi connectivity index (χ4v) is 2.72. The Labute approximate surface area is 147 Å². The van der Waals surface area contributed by atoms with E-state index in [0.29, 0.717) is 18.8 Å². The maximum atomic E-state index is 13.6. The van der Waals surface area contributed by atoms with Crippen molar-refractivity contribution in [2.75, 3.05) is 25.1 Å². The summed E-state index contributed by atoms with van der Waals surface area (Å²) in [6.45, 7) is 4.99. The molecule has 1 aromatic carbocycles. The van der Waals surface area contributed by atoms with Gasteiger partial charge in [-0.05, 0) is 37.3 Å². The molecule has 0 unspecified atom stereocenters. The number of hydrogen-bond donors (Lipinski definition) is 3. The number of nitrogens with one attached hydrogen (secondary N) is 2. The first-order valence-electron chi connectivity index (χ1n) is 8.72. The van der Waals surface area contributed by atoms with E-state index in [4.69, 9.17) is 14.6 Å². The van der Waals surface area contributed by atoms with Crippen molar-refractivity contribution in [1.29, 1.82) is 0 Å². The van der Waals surface area contributed by atoms with Gasteiger partial charge in [0.15, 0.2) is 0 Å². The van der Waals surface area contributed by atoms with Crippen molar-refractivity contribution >= 4 is 11.7 Å². The highest BCUT2D eigenvalue weighted by Gasteiger charge is 2.19. The average Bonchev–Trinajstić information content (AvgIpc) is 3.07. The summed E-state index contributed by atoms with van der Waals surface area (Å²) < 4.78 is 24.8. The van der Waals surface area contributed by atoms with Gasteiger partial charge in [-0.2, -0.15) is 0 Å². The lowest BCUT2D eigenvalue weighted by Crippen LogP contribution is -2.41. The SMILES string of the molecule is CC(C)[C@H](CCO)NC(=O)Nc1cc(F)ccc1OC[C@@H]1CCCO1. The van der Waals surface area contributed by atoms with Crippen molar-refractivity contribution in [3.63, 3.8) is 0 Å². The molecular weight excluding hydrogens is 327 g/mol. The van der Waals surface area contributed by atoms with Crippen LogP contribution in [0.3, 0.4) is 0 Å². The van der Waals surface area contributed by atoms with E-state index >= 15 is 0 Å². The Morgan fingerprint density at radius 3 is 2.92 bits per heavy atom. The van der Waals surface area contributed by atoms with Gasteiger partial charge in [0.25, 0.3) is 0 Å². The molecule has 0 aromatic heterocycles. The van der Waals surface area contributed by atoms with E-state index in [1.54, 1.807) is 0 Å². The molecule has 6 nitrogen and oxygen atoms in total. The summed E-state index contributed by atoms with van der Waals surface area (Å²) in [5, 5.41) is 14.5. The van der Waals surface area contributed by atoms with Gasteiger partial charge in [-0.1, -0.05) is 13.8 Å². The van der Waals surface area contributed by atoms with Crippen LogP contribution in [-0.4, -0.2) is 43.1 Å². The standard InChI is InChI=1S/C18H27FN2O4/c1-12(2)15(7-8-22)20-18(23)21-16-10-13(19)5-6-17(16)25-11-14-4-3-9-24-14/h5-6,10,12,14-15,22H,3-4,7-9,11H2,1-2H3,(H2,20,21,23)/t14-,15-/m0/s1. The fourth-order valence-electron chi connectivity index (χ4n) is 2.72. The third-order valence-corrected chi connectivity index (χ3v) is 4.20. The van der Waals surface area contributed by atoms with E-state index in [1.165, 1.54) is 18.2 Å². The van der Waals surface area contributed by atoms with Gasteiger partial charge in [-0.3, -0.25) is 0 Å². The first-order valence-corrected chi connectivity index (χ1v) is 8.72. The normalized spacial score (nSPS) is 18.2. The number of aliphatic hydroxyl groups excluding tert-OH is 1. The number of benzene rings is 1. The molecule has 1 aliphatic rings. The number of carbonyl (C=O) groups excluding carboxylic acids is 1. The Morgan fingerprint density at radius 2 is 2.28 bits per heavy atom. The number of rotatable bonds is 8. The molecule has 140 valence electrons. The van der Waals surface area contributed by atoms with E-state index in [1.807, 2.05) is 13.8 Å². The lowest BCUT2D eigenvalue weighted by atomic mass is 10.0. The number of aliphatic hydroxyl groups is 1. The Bertz CT molecular complexity index is 562. The summed E-state index contributed by atoms with van der Waals surface area (Å²) in [5.74, 6) is 0.103. The Balaban J connectivity index is 1.98. The van der Waals surface area contributed by atoms with Crippen molar-refractivity contribution in [2.45, 2.75) is 45.3 Å². The van der Waals surface area contributed by atoms with Gasteiger partial charge in [-0.25, -0.2) is 9.18 Å². The molecule has 0 aliphatic carbocycles. The molecule has 1 aliphatic heterocycles. The molecule has 3 N–H and O–H groups in total. The summed E-state index contributed by atoms with van der Waals surface area (Å²) >= 11 is 0. The van der Waals surface area contributed by atoms with Gasteiger partial charge in [0.05, 0.1) is 11.8 Å². The number of hydrogen-bond acceptors (Lipinski definition) is 4. The zero-order valence-corrected chi connectivity index (χ0v) is 14.8. The van der Waals surface area contributed by atoms with Gasteiger partial charge in [0.2, 0.25) is 0 Å². The van der Waals surface area contributed by atoms with Crippen LogP contribution in [0.25, 0.3) is 0 Å². The van der Waals surface area contributed by atoms with Crippen LogP contribution in [0, 0.1) is 11.7 Å². The second-order valence-electron chi connectivity index (χ2n) is 6.55. The third kappa shape index (κ3) is 6.17. The quantitative estimate of drug-likeness (QED) is 0.671. The highest BCUT2D eigenvalue weighted by Crippen LogP contribution is 2.26. The van der Waals surface area contributed by atoms with Crippen LogP contribution >= 0.6 is 0 Å². The first-order chi connectivity index (χ1) is 12.0. The molecule has 0 radical (unpaired) electrons. The van der Waals surface area contributed by atoms with Crippen LogP contribution < -0.4 is 15.4 Å². The molecule has 0 bridgehead atoms. The number of urea groups is 1. The summed E-state index contributed by atoms with van der Waals surface area (Å²) in [5.41, 5.74) is 0.266. The second kappa shape index (κ2) is 9.58. The van der Waals surface area contributed by atoms with E-state index in [9.17, 15) is 9.18 Å². The minimum absolute atomic E-state index is 0.0150. The number of carbonyl (C=O) groups is 1. The smallest absolute Gasteiger partial charge is 0.319 e. The minimum atomic E-state index is -0.462. The molecule has 1 saturated heterocycles. The molecule has 2 rings (SSSR count). The maximum absolute atomic E-state index is 13.6. The summed E-state index contributed by atoms with van der Waals surface area (Å²) in [6, 6.07) is 3.37. The molecule has 0 saturated carbocycles. The second-order valence-corrected chi connectivity index (χ2v) is 6.55. The topological polar surface area (TPSA) is 79.8 Å². The molecule has 0 spiro atoms. The number of anilines is 1. The van der Waals surface area contributed by atoms with E-state index in [2.05, 4.69) is 10.6 Å². The number of ether oxygens (including phenoxy) is 2. The highest BCUT2D eigenvalue weighted by atomic mass is 19.1. The Morgan fingerprint density at radius 1 is 1.48 bits per heavy atom. The Hall–Kier alpha value is -1.86.